The maximum Gasteiger partial charge on any atom is 0.256 e. The fourth-order valence-corrected chi connectivity index (χ4v) is 3.35. The molecule has 8 nitrogen and oxygen atoms in total. The molecule has 31 heavy (non-hydrogen) atoms. The number of nitrogens with one attached hydrogen (secondary N) is 2. The minimum atomic E-state index is -0.234. The van der Waals surface area contributed by atoms with Crippen LogP contribution in [0, 0.1) is 6.92 Å². The van der Waals surface area contributed by atoms with Gasteiger partial charge in [0.1, 0.15) is 17.4 Å². The van der Waals surface area contributed by atoms with E-state index in [1.54, 1.807) is 36.2 Å². The number of benzene rings is 2. The number of aryl methyl sites for hydroxylation is 1. The van der Waals surface area contributed by atoms with Crippen LogP contribution in [0.15, 0.2) is 71.5 Å². The zero-order valence-electron chi connectivity index (χ0n) is 16.8. The molecule has 0 fully saturated rings. The van der Waals surface area contributed by atoms with Crippen molar-refractivity contribution < 1.29 is 9.53 Å². The number of carbonyl (C=O) groups excluding carboxylic acids is 1. The number of anilines is 3. The van der Waals surface area contributed by atoms with Crippen LogP contribution in [0.3, 0.4) is 0 Å². The van der Waals surface area contributed by atoms with Crippen LogP contribution in [0.4, 0.5) is 17.2 Å². The van der Waals surface area contributed by atoms with E-state index in [0.29, 0.717) is 38.9 Å². The molecular weight excluding hydrogens is 460 g/mol. The lowest BCUT2D eigenvalue weighted by molar-refractivity contribution is 0.102. The Labute approximate surface area is 187 Å². The van der Waals surface area contributed by atoms with Crippen molar-refractivity contribution in [3.05, 3.63) is 82.9 Å². The largest absolute Gasteiger partial charge is 0.497 e. The van der Waals surface area contributed by atoms with E-state index >= 15 is 0 Å². The summed E-state index contributed by atoms with van der Waals surface area (Å²) in [7, 11) is 1.56. The van der Waals surface area contributed by atoms with Crippen LogP contribution < -0.4 is 15.4 Å². The Morgan fingerprint density at radius 1 is 1.06 bits per heavy atom. The summed E-state index contributed by atoms with van der Waals surface area (Å²) in [6, 6.07) is 16.3. The van der Waals surface area contributed by atoms with Crippen molar-refractivity contribution in [3.8, 4) is 11.6 Å². The molecule has 9 heteroatoms. The summed E-state index contributed by atoms with van der Waals surface area (Å²) in [5.74, 6) is 2.33. The molecule has 2 N–H and O–H groups in total. The van der Waals surface area contributed by atoms with Crippen LogP contribution in [0.5, 0.6) is 5.75 Å². The number of hydrogen-bond acceptors (Lipinski definition) is 6. The Balaban J connectivity index is 1.47. The van der Waals surface area contributed by atoms with Crippen LogP contribution in [-0.2, 0) is 0 Å². The Kier molecular flexibility index (Phi) is 5.94. The standard InChI is InChI=1S/C22H19BrN6O2/c1-14-25-20(13-21(26-14)29-11-3-10-24-29)27-15-4-6-16(7-5-15)28-22(30)18-12-17(31-2)8-9-19(18)23/h3-13H,1-2H3,(H,28,30)(H,25,26,27). The molecule has 0 saturated carbocycles. The average Bonchev–Trinajstić information content (AvgIpc) is 3.30. The molecule has 0 atom stereocenters. The zero-order chi connectivity index (χ0) is 21.8. The van der Waals surface area contributed by atoms with Crippen molar-refractivity contribution in [2.75, 3.05) is 17.7 Å². The highest BCUT2D eigenvalue weighted by molar-refractivity contribution is 9.10. The maximum absolute atomic E-state index is 12.6. The monoisotopic (exact) mass is 478 g/mol. The van der Waals surface area contributed by atoms with Crippen molar-refractivity contribution in [2.24, 2.45) is 0 Å². The number of amides is 1. The van der Waals surface area contributed by atoms with Crippen LogP contribution in [0.25, 0.3) is 5.82 Å². The minimum Gasteiger partial charge on any atom is -0.497 e. The van der Waals surface area contributed by atoms with Gasteiger partial charge < -0.3 is 15.4 Å². The van der Waals surface area contributed by atoms with E-state index in [1.165, 1.54) is 0 Å². The summed E-state index contributed by atoms with van der Waals surface area (Å²) < 4.78 is 7.56. The number of hydrogen-bond donors (Lipinski definition) is 2. The lowest BCUT2D eigenvalue weighted by atomic mass is 10.2. The highest BCUT2D eigenvalue weighted by atomic mass is 79.9. The molecule has 0 unspecified atom stereocenters. The third kappa shape index (κ3) is 4.89. The topological polar surface area (TPSA) is 94.0 Å². The van der Waals surface area contributed by atoms with Crippen molar-refractivity contribution in [1.29, 1.82) is 0 Å². The van der Waals surface area contributed by atoms with Gasteiger partial charge in [-0.2, -0.15) is 5.10 Å². The van der Waals surface area contributed by atoms with Gasteiger partial charge in [-0.05, 0) is 71.4 Å². The lowest BCUT2D eigenvalue weighted by Gasteiger charge is -2.11. The van der Waals surface area contributed by atoms with Gasteiger partial charge in [-0.1, -0.05) is 0 Å². The van der Waals surface area contributed by atoms with Gasteiger partial charge in [-0.25, -0.2) is 14.6 Å². The first-order valence-corrected chi connectivity index (χ1v) is 10.2. The maximum atomic E-state index is 12.6. The summed E-state index contributed by atoms with van der Waals surface area (Å²) in [5, 5.41) is 10.3. The predicted molar refractivity (Wildman–Crippen MR) is 122 cm³/mol. The number of rotatable bonds is 6. The van der Waals surface area contributed by atoms with E-state index in [9.17, 15) is 4.79 Å². The molecule has 0 aliphatic carbocycles. The number of methoxy groups -OCH3 is 1. The molecule has 1 amide bonds. The molecule has 4 rings (SSSR count). The van der Waals surface area contributed by atoms with Crippen LogP contribution in [-0.4, -0.2) is 32.8 Å². The van der Waals surface area contributed by atoms with Gasteiger partial charge in [-0.15, -0.1) is 0 Å². The van der Waals surface area contributed by atoms with Crippen molar-refractivity contribution >= 4 is 39.0 Å². The van der Waals surface area contributed by atoms with Crippen LogP contribution in [0.1, 0.15) is 16.2 Å². The summed E-state index contributed by atoms with van der Waals surface area (Å²) >= 11 is 3.40. The Hall–Kier alpha value is -3.72. The molecule has 156 valence electrons. The fourth-order valence-electron chi connectivity index (χ4n) is 2.93. The van der Waals surface area contributed by atoms with E-state index in [0.717, 1.165) is 5.69 Å². The van der Waals surface area contributed by atoms with Crippen molar-refractivity contribution in [1.82, 2.24) is 19.7 Å². The van der Waals surface area contributed by atoms with Gasteiger partial charge in [0.05, 0.1) is 12.7 Å². The minimum absolute atomic E-state index is 0.234. The van der Waals surface area contributed by atoms with Gasteiger partial charge in [0, 0.05) is 34.3 Å². The summed E-state index contributed by atoms with van der Waals surface area (Å²) in [6.45, 7) is 1.83. The first-order chi connectivity index (χ1) is 15.0. The molecule has 2 heterocycles. The Morgan fingerprint density at radius 2 is 1.84 bits per heavy atom. The molecule has 0 saturated heterocycles. The van der Waals surface area contributed by atoms with E-state index in [1.807, 2.05) is 49.5 Å². The lowest BCUT2D eigenvalue weighted by Crippen LogP contribution is -2.12. The molecule has 0 aliphatic rings. The third-order valence-corrected chi connectivity index (χ3v) is 5.09. The van der Waals surface area contributed by atoms with E-state index < -0.39 is 0 Å². The quantitative estimate of drug-likeness (QED) is 0.415. The van der Waals surface area contributed by atoms with Crippen molar-refractivity contribution in [3.63, 3.8) is 0 Å². The Morgan fingerprint density at radius 3 is 2.55 bits per heavy atom. The molecular formula is C22H19BrN6O2. The normalized spacial score (nSPS) is 10.5. The SMILES string of the molecule is COc1ccc(Br)c(C(=O)Nc2ccc(Nc3cc(-n4cccn4)nc(C)n3)cc2)c1. The number of halogens is 1. The second-order valence-corrected chi connectivity index (χ2v) is 7.47. The number of carbonyl (C=O) groups is 1. The summed E-state index contributed by atoms with van der Waals surface area (Å²) in [4.78, 5) is 21.5. The Bertz CT molecular complexity index is 1210. The molecule has 2 aromatic carbocycles. The first kappa shape index (κ1) is 20.5. The first-order valence-electron chi connectivity index (χ1n) is 9.39. The second-order valence-electron chi connectivity index (χ2n) is 6.61. The zero-order valence-corrected chi connectivity index (χ0v) is 18.4. The summed E-state index contributed by atoms with van der Waals surface area (Å²) in [5.41, 5.74) is 1.98. The molecule has 0 aliphatic heterocycles. The highest BCUT2D eigenvalue weighted by Crippen LogP contribution is 2.24. The van der Waals surface area contributed by atoms with Gasteiger partial charge >= 0.3 is 0 Å². The van der Waals surface area contributed by atoms with Gasteiger partial charge in [0.2, 0.25) is 0 Å². The van der Waals surface area contributed by atoms with Gasteiger partial charge in [0.25, 0.3) is 5.91 Å². The smallest absolute Gasteiger partial charge is 0.256 e. The average molecular weight is 479 g/mol. The van der Waals surface area contributed by atoms with E-state index in [2.05, 4.69) is 41.6 Å². The fraction of sp³-hybridized carbons (Fsp3) is 0.0909. The van der Waals surface area contributed by atoms with E-state index in [-0.39, 0.29) is 5.91 Å². The molecule has 0 bridgehead atoms. The van der Waals surface area contributed by atoms with Gasteiger partial charge in [-0.3, -0.25) is 4.79 Å². The van der Waals surface area contributed by atoms with Gasteiger partial charge in [0.15, 0.2) is 5.82 Å². The second kappa shape index (κ2) is 8.97. The summed E-state index contributed by atoms with van der Waals surface area (Å²) in [6.07, 6.45) is 3.52. The van der Waals surface area contributed by atoms with E-state index in [4.69, 9.17) is 4.74 Å². The third-order valence-electron chi connectivity index (χ3n) is 4.40. The number of nitrogens with zero attached hydrogens (tertiary/aromatic N) is 4. The predicted octanol–water partition coefficient (Wildman–Crippen LogP) is 4.74. The highest BCUT2D eigenvalue weighted by Gasteiger charge is 2.12. The van der Waals surface area contributed by atoms with Crippen LogP contribution in [0.2, 0.25) is 0 Å². The number of ether oxygens (including phenoxy) is 1. The van der Waals surface area contributed by atoms with Crippen LogP contribution >= 0.6 is 15.9 Å². The molecule has 0 spiro atoms. The number of aromatic nitrogens is 4. The molecule has 2 aromatic heterocycles. The molecule has 4 aromatic rings. The van der Waals surface area contributed by atoms with Crippen molar-refractivity contribution in [2.45, 2.75) is 6.92 Å². The molecule has 0 radical (unpaired) electrons.